The number of pyridine rings is 2. The molecule has 0 spiro atoms. The second kappa shape index (κ2) is 7.79. The van der Waals surface area contributed by atoms with Gasteiger partial charge in [-0.15, -0.1) is 0 Å². The van der Waals surface area contributed by atoms with E-state index >= 15 is 0 Å². The van der Waals surface area contributed by atoms with Gasteiger partial charge in [-0.3, -0.25) is 0 Å². The number of ether oxygens (including phenoxy) is 1. The summed E-state index contributed by atoms with van der Waals surface area (Å²) in [4.78, 5) is 10.8. The third-order valence-corrected chi connectivity index (χ3v) is 5.74. The first-order valence-corrected chi connectivity index (χ1v) is 9.75. The van der Waals surface area contributed by atoms with Crippen molar-refractivity contribution in [3.8, 4) is 5.88 Å². The van der Waals surface area contributed by atoms with Crippen molar-refractivity contribution in [2.75, 3.05) is 31.6 Å². The Balaban J connectivity index is 1.52. The average molecular weight is 362 g/mol. The number of aromatic nitrogens is 2. The molecule has 1 aliphatic heterocycles. The Labute approximate surface area is 148 Å². The fraction of sp³-hybridized carbons (Fsp3) is 0.412. The Hall–Kier alpha value is -2.19. The number of nitrogens with zero attached hydrogens (tertiary/aromatic N) is 3. The Morgan fingerprint density at radius 3 is 2.60 bits per heavy atom. The molecule has 0 bridgehead atoms. The van der Waals surface area contributed by atoms with Gasteiger partial charge >= 0.3 is 0 Å². The standard InChI is InChI=1S/C17H22N4O3S/c1-18-25(22,23)15-5-6-16(20-12-15)21-10-7-14(8-11-21)13-24-17-4-2-3-9-19-17/h2-6,9,12,14,18H,7-8,10-11,13H2,1H3. The normalized spacial score (nSPS) is 16.0. The van der Waals surface area contributed by atoms with Crippen LogP contribution in [0.4, 0.5) is 5.82 Å². The highest BCUT2D eigenvalue weighted by Crippen LogP contribution is 2.23. The quantitative estimate of drug-likeness (QED) is 0.842. The maximum absolute atomic E-state index is 11.7. The number of piperidine rings is 1. The van der Waals surface area contributed by atoms with Crippen molar-refractivity contribution in [1.82, 2.24) is 14.7 Å². The third-order valence-electron chi connectivity index (χ3n) is 4.34. The summed E-state index contributed by atoms with van der Waals surface area (Å²) in [6, 6.07) is 8.99. The van der Waals surface area contributed by atoms with Crippen molar-refractivity contribution < 1.29 is 13.2 Å². The van der Waals surface area contributed by atoms with E-state index < -0.39 is 10.0 Å². The van der Waals surface area contributed by atoms with E-state index in [1.165, 1.54) is 13.2 Å². The van der Waals surface area contributed by atoms with Crippen molar-refractivity contribution in [2.24, 2.45) is 5.92 Å². The summed E-state index contributed by atoms with van der Waals surface area (Å²) in [6.45, 7) is 2.42. The van der Waals surface area contributed by atoms with Crippen LogP contribution in [0.1, 0.15) is 12.8 Å². The molecule has 1 fully saturated rings. The fourth-order valence-electron chi connectivity index (χ4n) is 2.80. The predicted molar refractivity (Wildman–Crippen MR) is 95.2 cm³/mol. The zero-order chi connectivity index (χ0) is 17.7. The monoisotopic (exact) mass is 362 g/mol. The molecule has 2 aromatic heterocycles. The van der Waals surface area contributed by atoms with Gasteiger partial charge in [0.2, 0.25) is 15.9 Å². The van der Waals surface area contributed by atoms with Gasteiger partial charge in [0.05, 0.1) is 6.61 Å². The van der Waals surface area contributed by atoms with Gasteiger partial charge in [0, 0.05) is 31.5 Å². The summed E-state index contributed by atoms with van der Waals surface area (Å²) >= 11 is 0. The minimum atomic E-state index is -3.44. The zero-order valence-electron chi connectivity index (χ0n) is 14.1. The van der Waals surface area contributed by atoms with Crippen molar-refractivity contribution in [3.05, 3.63) is 42.7 Å². The van der Waals surface area contributed by atoms with Crippen LogP contribution in [0.15, 0.2) is 47.6 Å². The molecule has 0 unspecified atom stereocenters. The second-order valence-corrected chi connectivity index (χ2v) is 7.86. The minimum absolute atomic E-state index is 0.178. The largest absolute Gasteiger partial charge is 0.477 e. The van der Waals surface area contributed by atoms with Crippen LogP contribution in [-0.4, -0.2) is 45.1 Å². The molecule has 8 heteroatoms. The fourth-order valence-corrected chi connectivity index (χ4v) is 3.48. The van der Waals surface area contributed by atoms with E-state index in [9.17, 15) is 8.42 Å². The predicted octanol–water partition coefficient (Wildman–Crippen LogP) is 1.68. The first-order valence-electron chi connectivity index (χ1n) is 8.27. The van der Waals surface area contributed by atoms with Crippen LogP contribution < -0.4 is 14.4 Å². The van der Waals surface area contributed by atoms with Gasteiger partial charge in [0.1, 0.15) is 10.7 Å². The van der Waals surface area contributed by atoms with E-state index in [-0.39, 0.29) is 4.90 Å². The highest BCUT2D eigenvalue weighted by atomic mass is 32.2. The molecule has 25 heavy (non-hydrogen) atoms. The number of hydrogen-bond donors (Lipinski definition) is 1. The van der Waals surface area contributed by atoms with Crippen molar-refractivity contribution in [3.63, 3.8) is 0 Å². The lowest BCUT2D eigenvalue weighted by molar-refractivity contribution is 0.216. The van der Waals surface area contributed by atoms with Crippen LogP contribution in [0.5, 0.6) is 5.88 Å². The first kappa shape index (κ1) is 17.6. The van der Waals surface area contributed by atoms with Gasteiger partial charge in [-0.1, -0.05) is 6.07 Å². The molecular formula is C17H22N4O3S. The summed E-state index contributed by atoms with van der Waals surface area (Å²) in [7, 11) is -2.05. The van der Waals surface area contributed by atoms with Crippen LogP contribution in [0.3, 0.4) is 0 Å². The number of nitrogens with one attached hydrogen (secondary N) is 1. The molecule has 134 valence electrons. The Morgan fingerprint density at radius 1 is 1.20 bits per heavy atom. The third kappa shape index (κ3) is 4.46. The highest BCUT2D eigenvalue weighted by molar-refractivity contribution is 7.89. The maximum Gasteiger partial charge on any atom is 0.241 e. The highest BCUT2D eigenvalue weighted by Gasteiger charge is 2.21. The molecule has 0 saturated carbocycles. The van der Waals surface area contributed by atoms with Crippen LogP contribution >= 0.6 is 0 Å². The van der Waals surface area contributed by atoms with Gasteiger partial charge in [-0.25, -0.2) is 23.1 Å². The second-order valence-electron chi connectivity index (χ2n) is 5.97. The number of hydrogen-bond acceptors (Lipinski definition) is 6. The molecule has 1 saturated heterocycles. The van der Waals surface area contributed by atoms with Crippen molar-refractivity contribution in [1.29, 1.82) is 0 Å². The van der Waals surface area contributed by atoms with E-state index in [0.29, 0.717) is 18.4 Å². The summed E-state index contributed by atoms with van der Waals surface area (Å²) in [5.41, 5.74) is 0. The molecule has 0 aliphatic carbocycles. The molecule has 2 aromatic rings. The number of sulfonamides is 1. The molecule has 0 atom stereocenters. The van der Waals surface area contributed by atoms with Gasteiger partial charge in [-0.2, -0.15) is 0 Å². The van der Waals surface area contributed by atoms with Gasteiger partial charge in [0.25, 0.3) is 0 Å². The molecule has 3 rings (SSSR count). The molecular weight excluding hydrogens is 340 g/mol. The summed E-state index contributed by atoms with van der Waals surface area (Å²) in [5.74, 6) is 1.95. The van der Waals surface area contributed by atoms with Crippen LogP contribution in [0.25, 0.3) is 0 Å². The Morgan fingerprint density at radius 2 is 2.00 bits per heavy atom. The Bertz CT molecular complexity index is 773. The van der Waals surface area contributed by atoms with E-state index in [1.807, 2.05) is 18.2 Å². The Kier molecular flexibility index (Phi) is 5.50. The summed E-state index contributed by atoms with van der Waals surface area (Å²) in [6.07, 6.45) is 5.13. The number of anilines is 1. The smallest absolute Gasteiger partial charge is 0.241 e. The molecule has 0 radical (unpaired) electrons. The summed E-state index contributed by atoms with van der Waals surface area (Å²) < 4.78 is 31.5. The molecule has 3 heterocycles. The molecule has 0 aromatic carbocycles. The number of rotatable bonds is 6. The SMILES string of the molecule is CNS(=O)(=O)c1ccc(N2CCC(COc3ccccn3)CC2)nc1. The van der Waals surface area contributed by atoms with E-state index in [2.05, 4.69) is 19.6 Å². The molecule has 0 amide bonds. The van der Waals surface area contributed by atoms with Gasteiger partial charge < -0.3 is 9.64 Å². The van der Waals surface area contributed by atoms with Crippen molar-refractivity contribution >= 4 is 15.8 Å². The maximum atomic E-state index is 11.7. The lowest BCUT2D eigenvalue weighted by Crippen LogP contribution is -2.36. The van der Waals surface area contributed by atoms with Crippen LogP contribution in [0.2, 0.25) is 0 Å². The topological polar surface area (TPSA) is 84.4 Å². The minimum Gasteiger partial charge on any atom is -0.477 e. The van der Waals surface area contributed by atoms with E-state index in [1.54, 1.807) is 18.3 Å². The first-order chi connectivity index (χ1) is 12.1. The van der Waals surface area contributed by atoms with Gasteiger partial charge in [0.15, 0.2) is 0 Å². The lowest BCUT2D eigenvalue weighted by atomic mass is 9.98. The van der Waals surface area contributed by atoms with E-state index in [0.717, 1.165) is 31.7 Å². The lowest BCUT2D eigenvalue weighted by Gasteiger charge is -2.32. The van der Waals surface area contributed by atoms with Gasteiger partial charge in [-0.05, 0) is 44.0 Å². The van der Waals surface area contributed by atoms with Crippen LogP contribution in [-0.2, 0) is 10.0 Å². The average Bonchev–Trinajstić information content (AvgIpc) is 2.68. The zero-order valence-corrected chi connectivity index (χ0v) is 14.9. The van der Waals surface area contributed by atoms with Crippen molar-refractivity contribution in [2.45, 2.75) is 17.7 Å². The van der Waals surface area contributed by atoms with Crippen LogP contribution in [0, 0.1) is 5.92 Å². The summed E-state index contributed by atoms with van der Waals surface area (Å²) in [5, 5.41) is 0. The molecule has 7 nitrogen and oxygen atoms in total. The molecule has 1 N–H and O–H groups in total. The van der Waals surface area contributed by atoms with E-state index in [4.69, 9.17) is 4.74 Å². The molecule has 1 aliphatic rings.